The first-order valence-corrected chi connectivity index (χ1v) is 8.00. The molecule has 2 bridgehead atoms. The Morgan fingerprint density at radius 2 is 1.91 bits per heavy atom. The van der Waals surface area contributed by atoms with Crippen molar-refractivity contribution < 1.29 is 9.53 Å². The van der Waals surface area contributed by atoms with Gasteiger partial charge in [0.05, 0.1) is 25.2 Å². The third-order valence-electron chi connectivity index (χ3n) is 4.80. The van der Waals surface area contributed by atoms with Crippen LogP contribution in [0.1, 0.15) is 11.3 Å². The fourth-order valence-corrected chi connectivity index (χ4v) is 3.18. The number of aromatic nitrogens is 2. The Bertz CT molecular complexity index is 619. The Balaban J connectivity index is 2.00. The van der Waals surface area contributed by atoms with Gasteiger partial charge in [-0.1, -0.05) is 0 Å². The molecule has 2 saturated heterocycles. The van der Waals surface area contributed by atoms with Gasteiger partial charge < -0.3 is 19.4 Å². The lowest BCUT2D eigenvalue weighted by atomic mass is 10.1. The number of aryl methyl sites for hydroxylation is 1. The van der Waals surface area contributed by atoms with Crippen molar-refractivity contribution in [3.8, 4) is 0 Å². The van der Waals surface area contributed by atoms with Gasteiger partial charge in [-0.3, -0.25) is 4.79 Å². The molecule has 23 heavy (non-hydrogen) atoms. The summed E-state index contributed by atoms with van der Waals surface area (Å²) in [5.74, 6) is 1.67. The summed E-state index contributed by atoms with van der Waals surface area (Å²) in [6.45, 7) is 6.50. The third-order valence-corrected chi connectivity index (χ3v) is 4.80. The van der Waals surface area contributed by atoms with Gasteiger partial charge >= 0.3 is 0 Å². The molecule has 1 aromatic heterocycles. The summed E-state index contributed by atoms with van der Waals surface area (Å²) >= 11 is 0. The smallest absolute Gasteiger partial charge is 0.229 e. The topological polar surface area (TPSA) is 61.8 Å². The molecular formula is C16H25N5O2. The molecule has 7 heteroatoms. The van der Waals surface area contributed by atoms with E-state index in [9.17, 15) is 4.79 Å². The number of carbonyl (C=O) groups is 1. The van der Waals surface area contributed by atoms with Crippen molar-refractivity contribution >= 4 is 17.7 Å². The van der Waals surface area contributed by atoms with Crippen LogP contribution in [-0.2, 0) is 9.53 Å². The Labute approximate surface area is 137 Å². The molecule has 0 radical (unpaired) electrons. The number of rotatable bonds is 2. The number of ether oxygens (including phenoxy) is 1. The van der Waals surface area contributed by atoms with Gasteiger partial charge in [0.25, 0.3) is 0 Å². The van der Waals surface area contributed by atoms with Crippen LogP contribution in [0.5, 0.6) is 0 Å². The monoisotopic (exact) mass is 319 g/mol. The Kier molecular flexibility index (Phi) is 4.14. The fourth-order valence-electron chi connectivity index (χ4n) is 3.18. The lowest BCUT2D eigenvalue weighted by molar-refractivity contribution is -0.133. The summed E-state index contributed by atoms with van der Waals surface area (Å²) in [5.41, 5.74) is 2.05. The van der Waals surface area contributed by atoms with E-state index in [4.69, 9.17) is 9.72 Å². The lowest BCUT2D eigenvalue weighted by Gasteiger charge is -2.31. The molecule has 126 valence electrons. The van der Waals surface area contributed by atoms with Crippen LogP contribution in [0.25, 0.3) is 0 Å². The van der Waals surface area contributed by atoms with Gasteiger partial charge in [0.2, 0.25) is 11.9 Å². The second kappa shape index (κ2) is 5.96. The second-order valence-corrected chi connectivity index (χ2v) is 6.69. The largest absolute Gasteiger partial charge is 0.378 e. The van der Waals surface area contributed by atoms with E-state index in [0.29, 0.717) is 25.7 Å². The average Bonchev–Trinajstić information content (AvgIpc) is 2.67. The summed E-state index contributed by atoms with van der Waals surface area (Å²) < 4.78 is 5.67. The Morgan fingerprint density at radius 3 is 2.61 bits per heavy atom. The van der Waals surface area contributed by atoms with Crippen molar-refractivity contribution in [2.45, 2.75) is 19.9 Å². The van der Waals surface area contributed by atoms with Gasteiger partial charge in [0.15, 0.2) is 0 Å². The molecule has 2 fully saturated rings. The number of likely N-dealkylation sites (N-methyl/N-ethyl adjacent to an activating group) is 1. The van der Waals surface area contributed by atoms with E-state index in [1.807, 2.05) is 44.8 Å². The number of hydrogen-bond donors (Lipinski definition) is 0. The average molecular weight is 319 g/mol. The molecule has 3 heterocycles. The zero-order valence-corrected chi connectivity index (χ0v) is 14.5. The molecule has 0 saturated carbocycles. The van der Waals surface area contributed by atoms with Crippen LogP contribution in [0.3, 0.4) is 0 Å². The van der Waals surface area contributed by atoms with E-state index in [1.165, 1.54) is 0 Å². The predicted molar refractivity (Wildman–Crippen MR) is 88.9 cm³/mol. The maximum Gasteiger partial charge on any atom is 0.229 e. The van der Waals surface area contributed by atoms with Gasteiger partial charge in [-0.2, -0.15) is 4.98 Å². The van der Waals surface area contributed by atoms with E-state index in [2.05, 4.69) is 9.88 Å². The zero-order valence-electron chi connectivity index (χ0n) is 14.5. The highest BCUT2D eigenvalue weighted by Crippen LogP contribution is 2.27. The van der Waals surface area contributed by atoms with Crippen molar-refractivity contribution in [2.24, 2.45) is 5.92 Å². The van der Waals surface area contributed by atoms with Crippen molar-refractivity contribution in [1.82, 2.24) is 14.9 Å². The van der Waals surface area contributed by atoms with E-state index in [1.54, 1.807) is 0 Å². The fraction of sp³-hybridized carbons (Fsp3) is 0.688. The van der Waals surface area contributed by atoms with Crippen LogP contribution < -0.4 is 9.80 Å². The van der Waals surface area contributed by atoms with Gasteiger partial charge in [0, 0.05) is 45.5 Å². The first-order valence-electron chi connectivity index (χ1n) is 8.00. The Hall–Kier alpha value is -1.89. The maximum absolute atomic E-state index is 12.5. The lowest BCUT2D eigenvalue weighted by Crippen LogP contribution is -2.43. The summed E-state index contributed by atoms with van der Waals surface area (Å²) in [6, 6.07) is 0.0625. The highest BCUT2D eigenvalue weighted by molar-refractivity contribution is 5.80. The zero-order chi connectivity index (χ0) is 16.7. The summed E-state index contributed by atoms with van der Waals surface area (Å²) in [6.07, 6.45) is 0. The van der Waals surface area contributed by atoms with Gasteiger partial charge in [-0.25, -0.2) is 4.98 Å². The number of hydrogen-bond acceptors (Lipinski definition) is 6. The van der Waals surface area contributed by atoms with Gasteiger partial charge in [-0.05, 0) is 13.8 Å². The minimum Gasteiger partial charge on any atom is -0.378 e. The van der Waals surface area contributed by atoms with E-state index in [-0.39, 0.29) is 17.9 Å². The van der Waals surface area contributed by atoms with Crippen LogP contribution in [0.15, 0.2) is 0 Å². The highest BCUT2D eigenvalue weighted by atomic mass is 16.5. The van der Waals surface area contributed by atoms with Crippen LogP contribution in [0, 0.1) is 19.8 Å². The molecule has 2 aliphatic rings. The second-order valence-electron chi connectivity index (χ2n) is 6.69. The van der Waals surface area contributed by atoms with Crippen LogP contribution in [0.2, 0.25) is 0 Å². The normalized spacial score (nSPS) is 24.7. The van der Waals surface area contributed by atoms with Gasteiger partial charge in [0.1, 0.15) is 5.82 Å². The number of nitrogens with zero attached hydrogens (tertiary/aromatic N) is 5. The van der Waals surface area contributed by atoms with Gasteiger partial charge in [-0.15, -0.1) is 0 Å². The highest BCUT2D eigenvalue weighted by Gasteiger charge is 2.38. The number of anilines is 2. The molecule has 1 amide bonds. The maximum atomic E-state index is 12.5. The summed E-state index contributed by atoms with van der Waals surface area (Å²) in [7, 11) is 5.76. The Morgan fingerprint density at radius 1 is 1.17 bits per heavy atom. The molecule has 0 spiro atoms. The van der Waals surface area contributed by atoms with E-state index < -0.39 is 0 Å². The van der Waals surface area contributed by atoms with Crippen molar-refractivity contribution in [2.75, 3.05) is 57.2 Å². The number of carbonyl (C=O) groups excluding carboxylic acids is 1. The van der Waals surface area contributed by atoms with E-state index >= 15 is 0 Å². The minimum atomic E-state index is -0.134. The van der Waals surface area contributed by atoms with Crippen molar-refractivity contribution in [1.29, 1.82) is 0 Å². The molecule has 3 rings (SSSR count). The number of fused-ring (bicyclic) bond motifs is 3. The first kappa shape index (κ1) is 16.0. The molecule has 0 aromatic carbocycles. The summed E-state index contributed by atoms with van der Waals surface area (Å²) in [5, 5.41) is 0. The van der Waals surface area contributed by atoms with Crippen LogP contribution >= 0.6 is 0 Å². The van der Waals surface area contributed by atoms with E-state index in [0.717, 1.165) is 23.6 Å². The molecule has 0 unspecified atom stereocenters. The predicted octanol–water partition coefficient (Wildman–Crippen LogP) is 0.453. The minimum absolute atomic E-state index is 0.0625. The number of amides is 1. The molecular weight excluding hydrogens is 294 g/mol. The van der Waals surface area contributed by atoms with Crippen molar-refractivity contribution in [3.63, 3.8) is 0 Å². The van der Waals surface area contributed by atoms with Crippen molar-refractivity contribution in [3.05, 3.63) is 11.3 Å². The van der Waals surface area contributed by atoms with Crippen LogP contribution in [-0.4, -0.2) is 74.3 Å². The molecule has 2 aliphatic heterocycles. The van der Waals surface area contributed by atoms with Crippen LogP contribution in [0.4, 0.5) is 11.8 Å². The molecule has 0 aliphatic carbocycles. The first-order chi connectivity index (χ1) is 10.9. The molecule has 7 nitrogen and oxygen atoms in total. The third kappa shape index (κ3) is 2.85. The quantitative estimate of drug-likeness (QED) is 0.789. The molecule has 0 N–H and O–H groups in total. The molecule has 1 aromatic rings. The standard InChI is InChI=1S/C16H25N5O2/c1-10-11(2)17-16(19(3)4)18-14(10)21-6-12-8-23-9-13(7-21)20(5)15(12)22/h12-13H,6-9H2,1-5H3/t12-,13+/m1/s1. The SMILES string of the molecule is Cc1nc(N(C)C)nc(N2C[C@@H]3COC[C@H](C2)N(C)C3=O)c1C. The summed E-state index contributed by atoms with van der Waals surface area (Å²) in [4.78, 5) is 27.8. The molecule has 2 atom stereocenters.